The van der Waals surface area contributed by atoms with Crippen LogP contribution in [0.5, 0.6) is 5.88 Å². The van der Waals surface area contributed by atoms with E-state index in [9.17, 15) is 4.79 Å². The molecule has 13 heavy (non-hydrogen) atoms. The van der Waals surface area contributed by atoms with Gasteiger partial charge in [0.15, 0.2) is 5.69 Å². The van der Waals surface area contributed by atoms with Crippen LogP contribution in [0.15, 0.2) is 6.07 Å². The van der Waals surface area contributed by atoms with Gasteiger partial charge in [-0.1, -0.05) is 0 Å². The van der Waals surface area contributed by atoms with Crippen LogP contribution < -0.4 is 4.74 Å². The van der Waals surface area contributed by atoms with Crippen molar-refractivity contribution in [1.29, 1.82) is 0 Å². The maximum absolute atomic E-state index is 10.5. The van der Waals surface area contributed by atoms with Crippen molar-refractivity contribution in [3.05, 3.63) is 17.0 Å². The number of halogens is 1. The highest BCUT2D eigenvalue weighted by Gasteiger charge is 2.09. The van der Waals surface area contributed by atoms with E-state index >= 15 is 0 Å². The monoisotopic (exact) mass is 202 g/mol. The molecule has 1 aromatic rings. The van der Waals surface area contributed by atoms with Crippen LogP contribution >= 0.6 is 11.6 Å². The molecule has 0 aromatic carbocycles. The van der Waals surface area contributed by atoms with Gasteiger partial charge in [-0.25, -0.2) is 9.78 Å². The van der Waals surface area contributed by atoms with E-state index in [-0.39, 0.29) is 16.9 Å². The molecular formula is C7H7ClN2O3. The van der Waals surface area contributed by atoms with Crippen molar-refractivity contribution >= 4 is 17.6 Å². The average Bonchev–Trinajstić information content (AvgIpc) is 2.03. The standard InChI is InChI=1S/C7H7ClN2O3/c1-2-13-5-3-4(6(11)12)9-7(8)10-5/h3H,2H2,1H3,(H,11,12). The number of hydrogen-bond donors (Lipinski definition) is 1. The summed E-state index contributed by atoms with van der Waals surface area (Å²) in [5, 5.41) is 8.46. The fourth-order valence-electron chi connectivity index (χ4n) is 0.728. The van der Waals surface area contributed by atoms with Crippen molar-refractivity contribution in [2.45, 2.75) is 6.92 Å². The number of carboxylic acids is 1. The first-order chi connectivity index (χ1) is 6.13. The SMILES string of the molecule is CCOc1cc(C(=O)O)nc(Cl)n1. The number of carboxylic acid groups (broad SMARTS) is 1. The minimum atomic E-state index is -1.16. The second-order valence-electron chi connectivity index (χ2n) is 2.10. The second-order valence-corrected chi connectivity index (χ2v) is 2.44. The van der Waals surface area contributed by atoms with Gasteiger partial charge < -0.3 is 9.84 Å². The number of aromatic carboxylic acids is 1. The molecule has 0 unspecified atom stereocenters. The number of hydrogen-bond acceptors (Lipinski definition) is 4. The molecule has 1 rings (SSSR count). The molecule has 1 heterocycles. The minimum absolute atomic E-state index is 0.136. The Morgan fingerprint density at radius 1 is 1.69 bits per heavy atom. The summed E-state index contributed by atoms with van der Waals surface area (Å²) in [6, 6.07) is 1.22. The van der Waals surface area contributed by atoms with Crippen LogP contribution in [-0.4, -0.2) is 27.7 Å². The van der Waals surface area contributed by atoms with E-state index in [0.717, 1.165) is 0 Å². The number of carbonyl (C=O) groups is 1. The van der Waals surface area contributed by atoms with E-state index in [1.165, 1.54) is 6.07 Å². The Labute approximate surface area is 79.3 Å². The van der Waals surface area contributed by atoms with Crippen LogP contribution in [0.25, 0.3) is 0 Å². The second kappa shape index (κ2) is 4.04. The van der Waals surface area contributed by atoms with Crippen LogP contribution in [0.2, 0.25) is 5.28 Å². The lowest BCUT2D eigenvalue weighted by Gasteiger charge is -2.02. The first kappa shape index (κ1) is 9.73. The summed E-state index contributed by atoms with van der Waals surface area (Å²) in [5.41, 5.74) is -0.177. The van der Waals surface area contributed by atoms with Crippen molar-refractivity contribution in [3.8, 4) is 5.88 Å². The molecule has 1 aromatic heterocycles. The molecular weight excluding hydrogens is 196 g/mol. The van der Waals surface area contributed by atoms with Crippen LogP contribution in [0.1, 0.15) is 17.4 Å². The first-order valence-electron chi connectivity index (χ1n) is 3.54. The molecule has 0 aliphatic rings. The van der Waals surface area contributed by atoms with Crippen LogP contribution in [0.3, 0.4) is 0 Å². The summed E-state index contributed by atoms with van der Waals surface area (Å²) in [6.45, 7) is 2.16. The zero-order valence-electron chi connectivity index (χ0n) is 6.82. The average molecular weight is 203 g/mol. The van der Waals surface area contributed by atoms with E-state index in [2.05, 4.69) is 9.97 Å². The van der Waals surface area contributed by atoms with Crippen molar-refractivity contribution < 1.29 is 14.6 Å². The van der Waals surface area contributed by atoms with Gasteiger partial charge in [0.25, 0.3) is 0 Å². The predicted molar refractivity (Wildman–Crippen MR) is 45.2 cm³/mol. The Morgan fingerprint density at radius 3 is 2.92 bits per heavy atom. The third kappa shape index (κ3) is 2.55. The molecule has 0 saturated carbocycles. The number of ether oxygens (including phenoxy) is 1. The topological polar surface area (TPSA) is 72.3 Å². The van der Waals surface area contributed by atoms with Crippen LogP contribution in [0, 0.1) is 0 Å². The van der Waals surface area contributed by atoms with Crippen molar-refractivity contribution in [3.63, 3.8) is 0 Å². The molecule has 70 valence electrons. The molecule has 1 N–H and O–H groups in total. The molecule has 0 spiro atoms. The third-order valence-corrected chi connectivity index (χ3v) is 1.36. The van der Waals surface area contributed by atoms with Gasteiger partial charge in [-0.3, -0.25) is 0 Å². The molecule has 6 heteroatoms. The molecule has 0 aliphatic carbocycles. The van der Waals surface area contributed by atoms with E-state index in [4.69, 9.17) is 21.4 Å². The lowest BCUT2D eigenvalue weighted by molar-refractivity contribution is 0.0689. The van der Waals surface area contributed by atoms with Gasteiger partial charge in [-0.15, -0.1) is 0 Å². The van der Waals surface area contributed by atoms with Gasteiger partial charge in [0.2, 0.25) is 11.2 Å². The van der Waals surface area contributed by atoms with Crippen LogP contribution in [0.4, 0.5) is 0 Å². The normalized spacial score (nSPS) is 9.69. The zero-order chi connectivity index (χ0) is 9.84. The highest BCUT2D eigenvalue weighted by atomic mass is 35.5. The number of rotatable bonds is 3. The van der Waals surface area contributed by atoms with Gasteiger partial charge in [0.1, 0.15) is 0 Å². The Hall–Kier alpha value is -1.36. The maximum atomic E-state index is 10.5. The number of nitrogens with zero attached hydrogens (tertiary/aromatic N) is 2. The molecule has 0 fully saturated rings. The van der Waals surface area contributed by atoms with Crippen molar-refractivity contribution in [2.75, 3.05) is 6.61 Å². The molecule has 0 radical (unpaired) electrons. The highest BCUT2D eigenvalue weighted by Crippen LogP contribution is 2.12. The van der Waals surface area contributed by atoms with Crippen molar-refractivity contribution in [2.24, 2.45) is 0 Å². The third-order valence-electron chi connectivity index (χ3n) is 1.19. The first-order valence-corrected chi connectivity index (χ1v) is 3.92. The van der Waals surface area contributed by atoms with E-state index in [1.807, 2.05) is 0 Å². The largest absolute Gasteiger partial charge is 0.478 e. The lowest BCUT2D eigenvalue weighted by atomic mass is 10.4. The summed E-state index contributed by atoms with van der Waals surface area (Å²) in [5.74, 6) is -0.995. The van der Waals surface area contributed by atoms with Gasteiger partial charge in [0.05, 0.1) is 6.61 Å². The smallest absolute Gasteiger partial charge is 0.354 e. The maximum Gasteiger partial charge on any atom is 0.354 e. The van der Waals surface area contributed by atoms with E-state index < -0.39 is 5.97 Å². The summed E-state index contributed by atoms with van der Waals surface area (Å²) >= 11 is 5.46. The molecule has 0 atom stereocenters. The fraction of sp³-hybridized carbons (Fsp3) is 0.286. The van der Waals surface area contributed by atoms with Gasteiger partial charge in [-0.05, 0) is 18.5 Å². The minimum Gasteiger partial charge on any atom is -0.478 e. The van der Waals surface area contributed by atoms with Crippen molar-refractivity contribution in [1.82, 2.24) is 9.97 Å². The van der Waals surface area contributed by atoms with Gasteiger partial charge >= 0.3 is 5.97 Å². The van der Waals surface area contributed by atoms with Gasteiger partial charge in [-0.2, -0.15) is 4.98 Å². The summed E-state index contributed by atoms with van der Waals surface area (Å²) in [7, 11) is 0. The van der Waals surface area contributed by atoms with Gasteiger partial charge in [0, 0.05) is 6.07 Å². The lowest BCUT2D eigenvalue weighted by Crippen LogP contribution is -2.04. The Kier molecular flexibility index (Phi) is 3.02. The quantitative estimate of drug-likeness (QED) is 0.747. The summed E-state index contributed by atoms with van der Waals surface area (Å²) < 4.78 is 4.98. The van der Waals surface area contributed by atoms with E-state index in [1.54, 1.807) is 6.92 Å². The molecule has 0 amide bonds. The molecule has 0 aliphatic heterocycles. The number of aromatic nitrogens is 2. The Morgan fingerprint density at radius 2 is 2.38 bits per heavy atom. The molecule has 0 bridgehead atoms. The zero-order valence-corrected chi connectivity index (χ0v) is 7.58. The highest BCUT2D eigenvalue weighted by molar-refractivity contribution is 6.28. The summed E-state index contributed by atoms with van der Waals surface area (Å²) in [4.78, 5) is 17.7. The molecule has 5 nitrogen and oxygen atoms in total. The fourth-order valence-corrected chi connectivity index (χ4v) is 0.903. The van der Waals surface area contributed by atoms with Crippen LogP contribution in [-0.2, 0) is 0 Å². The summed E-state index contributed by atoms with van der Waals surface area (Å²) in [6.07, 6.45) is 0. The Bertz CT molecular complexity index is 330. The van der Waals surface area contributed by atoms with E-state index in [0.29, 0.717) is 6.61 Å². The predicted octanol–water partition coefficient (Wildman–Crippen LogP) is 1.23. The Balaban J connectivity index is 3.03. The molecule has 0 saturated heterocycles.